The third-order valence-corrected chi connectivity index (χ3v) is 2.27. The highest BCUT2D eigenvalue weighted by Crippen LogP contribution is 2.01. The fraction of sp³-hybridized carbons (Fsp3) is 0.636. The van der Waals surface area contributed by atoms with Gasteiger partial charge in [0.2, 0.25) is 0 Å². The molecule has 1 N–H and O–H groups in total. The van der Waals surface area contributed by atoms with Gasteiger partial charge in [0.1, 0.15) is 6.33 Å². The van der Waals surface area contributed by atoms with Crippen LogP contribution in [-0.2, 0) is 6.42 Å². The van der Waals surface area contributed by atoms with Crippen LogP contribution < -0.4 is 5.32 Å². The predicted octanol–water partition coefficient (Wildman–Crippen LogP) is 1.80. The van der Waals surface area contributed by atoms with Crippen LogP contribution in [0, 0.1) is 0 Å². The Morgan fingerprint density at radius 3 is 2.86 bits per heavy atom. The second-order valence-electron chi connectivity index (χ2n) is 3.46. The monoisotopic (exact) mass is 193 g/mol. The van der Waals surface area contributed by atoms with E-state index in [1.807, 2.05) is 6.07 Å². The summed E-state index contributed by atoms with van der Waals surface area (Å²) in [4.78, 5) is 8.13. The van der Waals surface area contributed by atoms with E-state index in [0.29, 0.717) is 6.04 Å². The van der Waals surface area contributed by atoms with Crippen molar-refractivity contribution in [3.05, 3.63) is 24.3 Å². The van der Waals surface area contributed by atoms with Crippen LogP contribution in [-0.4, -0.2) is 22.6 Å². The van der Waals surface area contributed by atoms with Crippen molar-refractivity contribution < 1.29 is 0 Å². The van der Waals surface area contributed by atoms with Crippen molar-refractivity contribution in [2.45, 2.75) is 39.2 Å². The molecule has 0 radical (unpaired) electrons. The molecule has 0 aromatic carbocycles. The van der Waals surface area contributed by atoms with Crippen LogP contribution in [0.3, 0.4) is 0 Å². The summed E-state index contributed by atoms with van der Waals surface area (Å²) in [7, 11) is 0. The Morgan fingerprint density at radius 2 is 2.29 bits per heavy atom. The summed E-state index contributed by atoms with van der Waals surface area (Å²) >= 11 is 0. The maximum atomic E-state index is 4.22. The molecule has 14 heavy (non-hydrogen) atoms. The van der Waals surface area contributed by atoms with Crippen LogP contribution in [0.25, 0.3) is 0 Å². The van der Waals surface area contributed by atoms with Gasteiger partial charge in [0.05, 0.1) is 0 Å². The highest BCUT2D eigenvalue weighted by molar-refractivity contribution is 5.00. The number of nitrogens with zero attached hydrogens (tertiary/aromatic N) is 2. The molecule has 0 saturated carbocycles. The third kappa shape index (κ3) is 3.83. The smallest absolute Gasteiger partial charge is 0.115 e. The van der Waals surface area contributed by atoms with Crippen molar-refractivity contribution in [3.63, 3.8) is 0 Å². The number of hydrogen-bond donors (Lipinski definition) is 1. The van der Waals surface area contributed by atoms with Gasteiger partial charge in [-0.1, -0.05) is 13.8 Å². The van der Waals surface area contributed by atoms with Gasteiger partial charge >= 0.3 is 0 Å². The topological polar surface area (TPSA) is 37.8 Å². The van der Waals surface area contributed by atoms with Crippen molar-refractivity contribution in [1.82, 2.24) is 15.3 Å². The second kappa shape index (κ2) is 6.49. The van der Waals surface area contributed by atoms with Gasteiger partial charge in [0, 0.05) is 24.4 Å². The van der Waals surface area contributed by atoms with Gasteiger partial charge in [-0.3, -0.25) is 0 Å². The van der Waals surface area contributed by atoms with E-state index in [0.717, 1.165) is 25.1 Å². The van der Waals surface area contributed by atoms with Gasteiger partial charge in [0.15, 0.2) is 0 Å². The van der Waals surface area contributed by atoms with Gasteiger partial charge in [-0.15, -0.1) is 0 Å². The van der Waals surface area contributed by atoms with E-state index in [4.69, 9.17) is 0 Å². The first-order chi connectivity index (χ1) is 6.86. The summed E-state index contributed by atoms with van der Waals surface area (Å²) in [6.45, 7) is 5.47. The van der Waals surface area contributed by atoms with E-state index < -0.39 is 0 Å². The molecule has 0 aliphatic heterocycles. The first-order valence-corrected chi connectivity index (χ1v) is 5.35. The Balaban J connectivity index is 2.40. The summed E-state index contributed by atoms with van der Waals surface area (Å²) in [5.74, 6) is 0. The minimum Gasteiger partial charge on any atom is -0.314 e. The lowest BCUT2D eigenvalue weighted by Crippen LogP contribution is -2.31. The molecule has 0 bridgehead atoms. The molecule has 0 saturated heterocycles. The molecule has 0 spiro atoms. The predicted molar refractivity (Wildman–Crippen MR) is 58.1 cm³/mol. The first kappa shape index (κ1) is 11.1. The highest BCUT2D eigenvalue weighted by Gasteiger charge is 2.06. The van der Waals surface area contributed by atoms with Gasteiger partial charge in [-0.25, -0.2) is 9.97 Å². The van der Waals surface area contributed by atoms with Crippen molar-refractivity contribution in [2.75, 3.05) is 6.54 Å². The van der Waals surface area contributed by atoms with Crippen molar-refractivity contribution in [2.24, 2.45) is 0 Å². The maximum Gasteiger partial charge on any atom is 0.115 e. The zero-order valence-corrected chi connectivity index (χ0v) is 9.03. The molecule has 0 aliphatic rings. The van der Waals surface area contributed by atoms with Crippen LogP contribution >= 0.6 is 0 Å². The van der Waals surface area contributed by atoms with Crippen LogP contribution in [0.15, 0.2) is 18.6 Å². The lowest BCUT2D eigenvalue weighted by Gasteiger charge is -2.15. The zero-order valence-electron chi connectivity index (χ0n) is 9.03. The SMILES string of the molecule is CCCNC(CC)Cc1ccncn1. The lowest BCUT2D eigenvalue weighted by atomic mass is 10.1. The summed E-state index contributed by atoms with van der Waals surface area (Å²) in [6.07, 6.45) is 6.74. The highest BCUT2D eigenvalue weighted by atomic mass is 14.9. The van der Waals surface area contributed by atoms with E-state index >= 15 is 0 Å². The Morgan fingerprint density at radius 1 is 1.43 bits per heavy atom. The Bertz CT molecular complexity index is 236. The molecule has 1 aromatic heterocycles. The van der Waals surface area contributed by atoms with Crippen molar-refractivity contribution in [1.29, 1.82) is 0 Å². The molecule has 1 heterocycles. The quantitative estimate of drug-likeness (QED) is 0.748. The second-order valence-corrected chi connectivity index (χ2v) is 3.46. The Labute approximate surface area is 86.0 Å². The maximum absolute atomic E-state index is 4.22. The Hall–Kier alpha value is -0.960. The standard InChI is InChI=1S/C11H19N3/c1-3-6-13-10(4-2)8-11-5-7-12-9-14-11/h5,7,9-10,13H,3-4,6,8H2,1-2H3. The van der Waals surface area contributed by atoms with Gasteiger partial charge in [-0.2, -0.15) is 0 Å². The van der Waals surface area contributed by atoms with Crippen LogP contribution in [0.5, 0.6) is 0 Å². The van der Waals surface area contributed by atoms with Crippen molar-refractivity contribution >= 4 is 0 Å². The minimum atomic E-state index is 0.546. The molecule has 78 valence electrons. The number of hydrogen-bond acceptors (Lipinski definition) is 3. The molecule has 1 unspecified atom stereocenters. The number of nitrogens with one attached hydrogen (secondary N) is 1. The molecule has 1 aromatic rings. The van der Waals surface area contributed by atoms with E-state index in [-0.39, 0.29) is 0 Å². The minimum absolute atomic E-state index is 0.546. The molecule has 1 rings (SSSR count). The summed E-state index contributed by atoms with van der Waals surface area (Å²) in [5.41, 5.74) is 1.12. The molecular weight excluding hydrogens is 174 g/mol. The molecule has 0 amide bonds. The lowest BCUT2D eigenvalue weighted by molar-refractivity contribution is 0.490. The van der Waals surface area contributed by atoms with Crippen LogP contribution in [0.4, 0.5) is 0 Å². The number of rotatable bonds is 6. The average Bonchev–Trinajstić information content (AvgIpc) is 2.25. The average molecular weight is 193 g/mol. The normalized spacial score (nSPS) is 12.7. The van der Waals surface area contributed by atoms with E-state index in [1.54, 1.807) is 12.5 Å². The molecule has 0 fully saturated rings. The van der Waals surface area contributed by atoms with Gasteiger partial charge in [-0.05, 0) is 25.5 Å². The first-order valence-electron chi connectivity index (χ1n) is 5.35. The van der Waals surface area contributed by atoms with Gasteiger partial charge in [0.25, 0.3) is 0 Å². The summed E-state index contributed by atoms with van der Waals surface area (Å²) in [6, 6.07) is 2.53. The zero-order chi connectivity index (χ0) is 10.2. The molecule has 1 atom stereocenters. The van der Waals surface area contributed by atoms with Crippen LogP contribution in [0.2, 0.25) is 0 Å². The van der Waals surface area contributed by atoms with Crippen LogP contribution in [0.1, 0.15) is 32.4 Å². The largest absolute Gasteiger partial charge is 0.314 e. The summed E-state index contributed by atoms with van der Waals surface area (Å²) < 4.78 is 0. The fourth-order valence-electron chi connectivity index (χ4n) is 1.40. The van der Waals surface area contributed by atoms with E-state index in [2.05, 4.69) is 29.1 Å². The molecule has 3 heteroatoms. The number of aromatic nitrogens is 2. The summed E-state index contributed by atoms with van der Waals surface area (Å²) in [5, 5.41) is 3.51. The third-order valence-electron chi connectivity index (χ3n) is 2.27. The Kier molecular flexibility index (Phi) is 5.15. The molecular formula is C11H19N3. The van der Waals surface area contributed by atoms with Crippen molar-refractivity contribution in [3.8, 4) is 0 Å². The molecule has 0 aliphatic carbocycles. The fourth-order valence-corrected chi connectivity index (χ4v) is 1.40. The van der Waals surface area contributed by atoms with E-state index in [1.165, 1.54) is 6.42 Å². The van der Waals surface area contributed by atoms with E-state index in [9.17, 15) is 0 Å². The molecule has 3 nitrogen and oxygen atoms in total. The van der Waals surface area contributed by atoms with Gasteiger partial charge < -0.3 is 5.32 Å².